The van der Waals surface area contributed by atoms with Gasteiger partial charge in [0.05, 0.1) is 5.75 Å². The molecule has 0 fully saturated rings. The lowest BCUT2D eigenvalue weighted by atomic mass is 10.0. The second-order valence-electron chi connectivity index (χ2n) is 4.34. The minimum Gasteiger partial charge on any atom is -0.492 e. The lowest BCUT2D eigenvalue weighted by molar-refractivity contribution is 0.336. The number of benzene rings is 1. The van der Waals surface area contributed by atoms with Crippen molar-refractivity contribution in [3.8, 4) is 18.1 Å². The molecule has 98 valence electrons. The molecule has 0 aliphatic heterocycles. The molecule has 0 saturated carbocycles. The van der Waals surface area contributed by atoms with E-state index in [9.17, 15) is 8.42 Å². The van der Waals surface area contributed by atoms with Crippen molar-refractivity contribution in [3.05, 3.63) is 29.8 Å². The van der Waals surface area contributed by atoms with E-state index in [2.05, 4.69) is 19.8 Å². The second-order valence-corrected chi connectivity index (χ2v) is 6.52. The van der Waals surface area contributed by atoms with E-state index < -0.39 is 9.84 Å². The summed E-state index contributed by atoms with van der Waals surface area (Å²) in [5.41, 5.74) is 1.08. The maximum atomic E-state index is 11.4. The van der Waals surface area contributed by atoms with Crippen LogP contribution in [0.2, 0.25) is 0 Å². The number of para-hydroxylation sites is 1. The summed E-state index contributed by atoms with van der Waals surface area (Å²) in [5, 5.41) is 0. The van der Waals surface area contributed by atoms with Crippen molar-refractivity contribution in [3.63, 3.8) is 0 Å². The van der Waals surface area contributed by atoms with Gasteiger partial charge in [-0.3, -0.25) is 0 Å². The molecule has 1 aromatic rings. The van der Waals surface area contributed by atoms with Crippen molar-refractivity contribution in [1.82, 2.24) is 0 Å². The van der Waals surface area contributed by atoms with E-state index in [1.54, 1.807) is 0 Å². The lowest BCUT2D eigenvalue weighted by Gasteiger charge is -2.13. The molecule has 0 unspecified atom stereocenters. The molecule has 0 N–H and O–H groups in total. The Bertz CT molecular complexity index is 524. The van der Waals surface area contributed by atoms with Crippen LogP contribution in [0, 0.1) is 12.3 Å². The normalized spacial score (nSPS) is 11.2. The van der Waals surface area contributed by atoms with Gasteiger partial charge in [-0.15, -0.1) is 6.42 Å². The molecule has 18 heavy (non-hydrogen) atoms. The minimum absolute atomic E-state index is 0.0520. The van der Waals surface area contributed by atoms with Crippen LogP contribution < -0.4 is 4.74 Å². The molecule has 0 saturated heterocycles. The third-order valence-electron chi connectivity index (χ3n) is 2.50. The van der Waals surface area contributed by atoms with Crippen LogP contribution in [0.5, 0.6) is 5.75 Å². The van der Waals surface area contributed by atoms with Gasteiger partial charge in [-0.25, -0.2) is 8.42 Å². The number of rotatable bonds is 6. The zero-order valence-electron chi connectivity index (χ0n) is 10.7. The number of terminal acetylenes is 1. The summed E-state index contributed by atoms with van der Waals surface area (Å²) in [7, 11) is -3.20. The topological polar surface area (TPSA) is 43.4 Å². The summed E-state index contributed by atoms with van der Waals surface area (Å²) < 4.78 is 28.4. The molecule has 0 aromatic heterocycles. The quantitative estimate of drug-likeness (QED) is 0.742. The van der Waals surface area contributed by atoms with Crippen molar-refractivity contribution in [1.29, 1.82) is 0 Å². The van der Waals surface area contributed by atoms with Gasteiger partial charge in [0.25, 0.3) is 0 Å². The van der Waals surface area contributed by atoms with E-state index in [0.717, 1.165) is 11.3 Å². The van der Waals surface area contributed by atoms with Crippen LogP contribution in [-0.4, -0.2) is 26.5 Å². The van der Waals surface area contributed by atoms with Crippen LogP contribution in [0.4, 0.5) is 0 Å². The Kier molecular flexibility index (Phi) is 5.24. The highest BCUT2D eigenvalue weighted by Gasteiger charge is 2.11. The molecular weight excluding hydrogens is 248 g/mol. The number of ether oxygens (including phenoxy) is 1. The molecule has 0 heterocycles. The van der Waals surface area contributed by atoms with E-state index in [1.165, 1.54) is 0 Å². The van der Waals surface area contributed by atoms with Crippen molar-refractivity contribution in [2.24, 2.45) is 0 Å². The fraction of sp³-hybridized carbons (Fsp3) is 0.429. The van der Waals surface area contributed by atoms with E-state index in [0.29, 0.717) is 5.92 Å². The zero-order chi connectivity index (χ0) is 13.6. The molecule has 0 amide bonds. The first-order valence-corrected chi connectivity index (χ1v) is 7.64. The van der Waals surface area contributed by atoms with Gasteiger partial charge in [-0.05, 0) is 17.5 Å². The molecular formula is C14H18O3S. The van der Waals surface area contributed by atoms with E-state index in [4.69, 9.17) is 11.2 Å². The summed E-state index contributed by atoms with van der Waals surface area (Å²) >= 11 is 0. The molecule has 0 spiro atoms. The first-order chi connectivity index (χ1) is 8.46. The fourth-order valence-corrected chi connectivity index (χ4v) is 2.30. The van der Waals surface area contributed by atoms with Gasteiger partial charge in [-0.1, -0.05) is 38.0 Å². The monoisotopic (exact) mass is 266 g/mol. The average molecular weight is 266 g/mol. The molecule has 3 nitrogen and oxygen atoms in total. The third kappa shape index (κ3) is 4.42. The third-order valence-corrected chi connectivity index (χ3v) is 3.89. The summed E-state index contributed by atoms with van der Waals surface area (Å²) in [6.07, 6.45) is 4.99. The SMILES string of the molecule is C#CCS(=O)(=O)CCOc1ccccc1C(C)C. The molecule has 0 atom stereocenters. The Morgan fingerprint density at radius 1 is 1.33 bits per heavy atom. The van der Waals surface area contributed by atoms with Crippen LogP contribution in [0.25, 0.3) is 0 Å². The first kappa shape index (κ1) is 14.6. The number of hydrogen-bond acceptors (Lipinski definition) is 3. The van der Waals surface area contributed by atoms with Crippen molar-refractivity contribution >= 4 is 9.84 Å². The minimum atomic E-state index is -3.20. The molecule has 0 aliphatic carbocycles. The Balaban J connectivity index is 2.63. The molecule has 4 heteroatoms. The molecule has 1 aromatic carbocycles. The Morgan fingerprint density at radius 2 is 2.00 bits per heavy atom. The van der Waals surface area contributed by atoms with Crippen LogP contribution >= 0.6 is 0 Å². The maximum absolute atomic E-state index is 11.4. The highest BCUT2D eigenvalue weighted by Crippen LogP contribution is 2.25. The molecule has 1 rings (SSSR count). The van der Waals surface area contributed by atoms with Gasteiger partial charge < -0.3 is 4.74 Å². The first-order valence-electron chi connectivity index (χ1n) is 5.82. The Hall–Kier alpha value is -1.47. The summed E-state index contributed by atoms with van der Waals surface area (Å²) in [5.74, 6) is 2.93. The number of hydrogen-bond donors (Lipinski definition) is 0. The van der Waals surface area contributed by atoms with Crippen molar-refractivity contribution < 1.29 is 13.2 Å². The van der Waals surface area contributed by atoms with E-state index in [1.807, 2.05) is 24.3 Å². The summed E-state index contributed by atoms with van der Waals surface area (Å²) in [6.45, 7) is 4.27. The van der Waals surface area contributed by atoms with Crippen LogP contribution in [-0.2, 0) is 9.84 Å². The number of sulfone groups is 1. The van der Waals surface area contributed by atoms with Crippen molar-refractivity contribution in [2.75, 3.05) is 18.1 Å². The molecule has 0 aliphatic rings. The molecule has 0 radical (unpaired) electrons. The van der Waals surface area contributed by atoms with Gasteiger partial charge in [0.1, 0.15) is 18.1 Å². The van der Waals surface area contributed by atoms with Gasteiger partial charge in [0.2, 0.25) is 0 Å². The highest BCUT2D eigenvalue weighted by molar-refractivity contribution is 7.91. The largest absolute Gasteiger partial charge is 0.492 e. The predicted molar refractivity (Wildman–Crippen MR) is 73.5 cm³/mol. The lowest BCUT2D eigenvalue weighted by Crippen LogP contribution is -2.16. The summed E-state index contributed by atoms with van der Waals surface area (Å²) in [6, 6.07) is 7.65. The van der Waals surface area contributed by atoms with Crippen molar-refractivity contribution in [2.45, 2.75) is 19.8 Å². The fourth-order valence-electron chi connectivity index (χ4n) is 1.57. The zero-order valence-corrected chi connectivity index (χ0v) is 11.5. The van der Waals surface area contributed by atoms with Gasteiger partial charge >= 0.3 is 0 Å². The molecule has 0 bridgehead atoms. The van der Waals surface area contributed by atoms with Gasteiger partial charge in [-0.2, -0.15) is 0 Å². The standard InChI is InChI=1S/C14H18O3S/c1-4-10-18(15,16)11-9-17-14-8-6-5-7-13(14)12(2)3/h1,5-8,12H,9-11H2,2-3H3. The summed E-state index contributed by atoms with van der Waals surface area (Å²) in [4.78, 5) is 0. The maximum Gasteiger partial charge on any atom is 0.164 e. The average Bonchev–Trinajstić information content (AvgIpc) is 2.29. The predicted octanol–water partition coefficient (Wildman–Crippen LogP) is 2.24. The van der Waals surface area contributed by atoms with E-state index in [-0.39, 0.29) is 18.1 Å². The second kappa shape index (κ2) is 6.46. The van der Waals surface area contributed by atoms with Crippen LogP contribution in [0.15, 0.2) is 24.3 Å². The van der Waals surface area contributed by atoms with Crippen LogP contribution in [0.1, 0.15) is 25.3 Å². The highest BCUT2D eigenvalue weighted by atomic mass is 32.2. The van der Waals surface area contributed by atoms with Gasteiger partial charge in [0.15, 0.2) is 9.84 Å². The Morgan fingerprint density at radius 3 is 2.61 bits per heavy atom. The van der Waals surface area contributed by atoms with E-state index >= 15 is 0 Å². The van der Waals surface area contributed by atoms with Gasteiger partial charge in [0, 0.05) is 0 Å². The smallest absolute Gasteiger partial charge is 0.164 e. The Labute approximate surface area is 109 Å². The van der Waals surface area contributed by atoms with Crippen LogP contribution in [0.3, 0.4) is 0 Å².